The van der Waals surface area contributed by atoms with Crippen LogP contribution in [-0.2, 0) is 14.4 Å². The zero-order valence-corrected chi connectivity index (χ0v) is 22.1. The molecule has 0 aliphatic heterocycles. The highest BCUT2D eigenvalue weighted by molar-refractivity contribution is 8.00. The van der Waals surface area contributed by atoms with Crippen LogP contribution in [0.25, 0.3) is 0 Å². The van der Waals surface area contributed by atoms with Gasteiger partial charge in [0.25, 0.3) is 0 Å². The van der Waals surface area contributed by atoms with Crippen LogP contribution in [0.3, 0.4) is 0 Å². The first-order valence-corrected chi connectivity index (χ1v) is 13.3. The van der Waals surface area contributed by atoms with Gasteiger partial charge in [0.1, 0.15) is 5.25 Å². The Kier molecular flexibility index (Phi) is 9.06. The van der Waals surface area contributed by atoms with Gasteiger partial charge in [-0.15, -0.1) is 11.8 Å². The molecule has 0 spiro atoms. The summed E-state index contributed by atoms with van der Waals surface area (Å²) in [6.45, 7) is 0. The molecule has 3 aromatic rings. The number of hydrogen-bond acceptors (Lipinski definition) is 5. The number of aromatic carboxylic acids is 1. The highest BCUT2D eigenvalue weighted by atomic mass is 35.5. The summed E-state index contributed by atoms with van der Waals surface area (Å²) >= 11 is 7.24. The number of aliphatic carboxylic acids is 1. The fourth-order valence-corrected chi connectivity index (χ4v) is 5.46. The lowest BCUT2D eigenvalue weighted by atomic mass is 9.82. The van der Waals surface area contributed by atoms with Gasteiger partial charge in [-0.05, 0) is 60.9 Å². The molecule has 39 heavy (non-hydrogen) atoms. The number of allylic oxidation sites excluding steroid dienone is 2. The molecule has 8 nitrogen and oxygen atoms in total. The topological polar surface area (TPSA) is 133 Å². The summed E-state index contributed by atoms with van der Waals surface area (Å²) in [5.74, 6) is -4.31. The molecule has 4 rings (SSSR count). The fraction of sp³-hybridized carbons (Fsp3) is 0.172. The van der Waals surface area contributed by atoms with Gasteiger partial charge in [0, 0.05) is 16.3 Å². The van der Waals surface area contributed by atoms with E-state index in [0.717, 1.165) is 10.5 Å². The van der Waals surface area contributed by atoms with E-state index in [2.05, 4.69) is 10.6 Å². The molecular weight excluding hydrogens is 540 g/mol. The minimum Gasteiger partial charge on any atom is -0.481 e. The highest BCUT2D eigenvalue weighted by Crippen LogP contribution is 2.37. The number of thioether (sulfide) groups is 1. The van der Waals surface area contributed by atoms with Crippen molar-refractivity contribution in [2.75, 3.05) is 10.6 Å². The van der Waals surface area contributed by atoms with Crippen molar-refractivity contribution in [1.82, 2.24) is 0 Å². The van der Waals surface area contributed by atoms with Crippen molar-refractivity contribution in [3.05, 3.63) is 101 Å². The minimum absolute atomic E-state index is 0.0695. The Morgan fingerprint density at radius 1 is 0.821 bits per heavy atom. The van der Waals surface area contributed by atoms with E-state index in [0.29, 0.717) is 24.2 Å². The molecule has 3 aromatic carbocycles. The Bertz CT molecular complexity index is 1410. The monoisotopic (exact) mass is 564 g/mol. The van der Waals surface area contributed by atoms with E-state index in [9.17, 15) is 29.4 Å². The average Bonchev–Trinajstić information content (AvgIpc) is 2.93. The zero-order chi connectivity index (χ0) is 27.9. The number of rotatable bonds is 9. The largest absolute Gasteiger partial charge is 0.481 e. The summed E-state index contributed by atoms with van der Waals surface area (Å²) in [5, 5.41) is 23.8. The van der Waals surface area contributed by atoms with Crippen molar-refractivity contribution in [3.8, 4) is 0 Å². The first kappa shape index (κ1) is 27.9. The van der Waals surface area contributed by atoms with Crippen LogP contribution in [0.15, 0.2) is 89.8 Å². The van der Waals surface area contributed by atoms with Crippen molar-refractivity contribution in [1.29, 1.82) is 0 Å². The van der Waals surface area contributed by atoms with E-state index in [1.807, 2.05) is 36.4 Å². The van der Waals surface area contributed by atoms with Crippen LogP contribution in [0, 0.1) is 11.8 Å². The lowest BCUT2D eigenvalue weighted by molar-refractivity contribution is -0.146. The third-order valence-electron chi connectivity index (χ3n) is 6.27. The van der Waals surface area contributed by atoms with Crippen molar-refractivity contribution >= 4 is 58.5 Å². The van der Waals surface area contributed by atoms with E-state index in [-0.39, 0.29) is 22.4 Å². The Labute approximate surface area is 234 Å². The highest BCUT2D eigenvalue weighted by Gasteiger charge is 2.34. The summed E-state index contributed by atoms with van der Waals surface area (Å²) in [6.07, 6.45) is 4.29. The van der Waals surface area contributed by atoms with E-state index in [1.54, 1.807) is 30.3 Å². The van der Waals surface area contributed by atoms with Crippen molar-refractivity contribution in [3.63, 3.8) is 0 Å². The van der Waals surface area contributed by atoms with Crippen molar-refractivity contribution in [2.45, 2.75) is 23.0 Å². The third kappa shape index (κ3) is 7.07. The number of nitrogens with one attached hydrogen (secondary N) is 2. The van der Waals surface area contributed by atoms with Crippen LogP contribution in [0.1, 0.15) is 34.0 Å². The molecule has 1 aliphatic carbocycles. The number of carbonyl (C=O) groups is 4. The Balaban J connectivity index is 1.48. The summed E-state index contributed by atoms with van der Waals surface area (Å²) in [7, 11) is 0. The van der Waals surface area contributed by atoms with Crippen molar-refractivity contribution < 1.29 is 29.4 Å². The molecule has 0 aromatic heterocycles. The maximum Gasteiger partial charge on any atom is 0.337 e. The summed E-state index contributed by atoms with van der Waals surface area (Å²) in [6, 6.07) is 20.3. The van der Waals surface area contributed by atoms with Gasteiger partial charge in [0.2, 0.25) is 11.8 Å². The number of carboxylic acid groups (broad SMARTS) is 2. The van der Waals surface area contributed by atoms with Crippen LogP contribution in [0.2, 0.25) is 5.02 Å². The summed E-state index contributed by atoms with van der Waals surface area (Å²) < 4.78 is 0. The van der Waals surface area contributed by atoms with Gasteiger partial charge in [-0.1, -0.05) is 54.1 Å². The zero-order valence-electron chi connectivity index (χ0n) is 20.5. The third-order valence-corrected chi connectivity index (χ3v) is 7.86. The molecule has 0 fully saturated rings. The molecule has 0 saturated heterocycles. The van der Waals surface area contributed by atoms with Crippen LogP contribution in [0.4, 0.5) is 11.4 Å². The smallest absolute Gasteiger partial charge is 0.337 e. The number of benzene rings is 3. The Morgan fingerprint density at radius 3 is 2.10 bits per heavy atom. The second-order valence-electron chi connectivity index (χ2n) is 8.91. The van der Waals surface area contributed by atoms with Gasteiger partial charge >= 0.3 is 11.9 Å². The number of halogens is 1. The fourth-order valence-electron chi connectivity index (χ4n) is 4.24. The lowest BCUT2D eigenvalue weighted by Gasteiger charge is -2.24. The molecule has 10 heteroatoms. The molecule has 3 unspecified atom stereocenters. The number of anilines is 2. The first-order valence-electron chi connectivity index (χ1n) is 12.1. The molecule has 3 atom stereocenters. The maximum atomic E-state index is 13.3. The van der Waals surface area contributed by atoms with E-state index < -0.39 is 29.0 Å². The molecule has 4 N–H and O–H groups in total. The molecule has 2 amide bonds. The SMILES string of the molecule is O=C(O)c1cc(NC(=O)C(Sc2ccc(NC(=O)C3CC=CCC3C(=O)O)cc2)c2ccccc2)ccc1Cl. The molecular formula is C29H25ClN2O6S. The molecule has 0 bridgehead atoms. The van der Waals surface area contributed by atoms with Crippen LogP contribution < -0.4 is 10.6 Å². The van der Waals surface area contributed by atoms with E-state index in [1.165, 1.54) is 30.0 Å². The number of carboxylic acids is 2. The van der Waals surface area contributed by atoms with Gasteiger partial charge in [-0.25, -0.2) is 4.79 Å². The number of amides is 2. The first-order chi connectivity index (χ1) is 18.7. The van der Waals surface area contributed by atoms with Gasteiger partial charge < -0.3 is 20.8 Å². The Hall–Kier alpha value is -4.08. The van der Waals surface area contributed by atoms with Gasteiger partial charge in [-0.2, -0.15) is 0 Å². The molecule has 200 valence electrons. The molecule has 0 heterocycles. The summed E-state index contributed by atoms with van der Waals surface area (Å²) in [5.41, 5.74) is 1.45. The number of carbonyl (C=O) groups excluding carboxylic acids is 2. The summed E-state index contributed by atoms with van der Waals surface area (Å²) in [4.78, 5) is 49.8. The maximum absolute atomic E-state index is 13.3. The van der Waals surface area contributed by atoms with Crippen LogP contribution in [-0.4, -0.2) is 34.0 Å². The quantitative estimate of drug-likeness (QED) is 0.182. The normalized spacial score (nSPS) is 17.2. The van der Waals surface area contributed by atoms with Gasteiger partial charge in [-0.3, -0.25) is 14.4 Å². The van der Waals surface area contributed by atoms with Crippen molar-refractivity contribution in [2.24, 2.45) is 11.8 Å². The predicted molar refractivity (Wildman–Crippen MR) is 150 cm³/mol. The Morgan fingerprint density at radius 2 is 1.46 bits per heavy atom. The molecule has 0 radical (unpaired) electrons. The second kappa shape index (κ2) is 12.6. The minimum atomic E-state index is -1.20. The van der Waals surface area contributed by atoms with Crippen LogP contribution in [0.5, 0.6) is 0 Å². The lowest BCUT2D eigenvalue weighted by Crippen LogP contribution is -2.34. The second-order valence-corrected chi connectivity index (χ2v) is 10.5. The molecule has 1 aliphatic rings. The molecule has 0 saturated carbocycles. The predicted octanol–water partition coefficient (Wildman–Crippen LogP) is 6.12. The van der Waals surface area contributed by atoms with Gasteiger partial charge in [0.15, 0.2) is 0 Å². The van der Waals surface area contributed by atoms with Crippen LogP contribution >= 0.6 is 23.4 Å². The van der Waals surface area contributed by atoms with E-state index in [4.69, 9.17) is 11.6 Å². The average molecular weight is 565 g/mol. The van der Waals surface area contributed by atoms with Gasteiger partial charge in [0.05, 0.1) is 22.4 Å². The standard InChI is InChI=1S/C29H25ClN2O6S/c30-24-15-12-19(16-23(24)29(37)38)32-27(34)25(17-6-2-1-3-7-17)39-20-13-10-18(11-14-20)31-26(33)21-8-4-5-9-22(21)28(35)36/h1-7,10-16,21-22,25H,8-9H2,(H,31,33)(H,32,34)(H,35,36)(H,37,38). The number of hydrogen-bond donors (Lipinski definition) is 4. The van der Waals surface area contributed by atoms with E-state index >= 15 is 0 Å².